The first-order valence-corrected chi connectivity index (χ1v) is 7.08. The average molecular weight is 326 g/mol. The first-order chi connectivity index (χ1) is 11.0. The van der Waals surface area contributed by atoms with Crippen LogP contribution in [-0.4, -0.2) is 50.6 Å². The lowest BCUT2D eigenvalue weighted by molar-refractivity contribution is -0.131. The van der Waals surface area contributed by atoms with Gasteiger partial charge < -0.3 is 15.0 Å². The van der Waals surface area contributed by atoms with Crippen LogP contribution in [0.15, 0.2) is 24.3 Å². The van der Waals surface area contributed by atoms with Crippen molar-refractivity contribution in [2.24, 2.45) is 0 Å². The maximum atomic E-state index is 13.4. The summed E-state index contributed by atoms with van der Waals surface area (Å²) in [5, 5.41) is 2.64. The first kappa shape index (κ1) is 18.8. The van der Waals surface area contributed by atoms with Crippen LogP contribution in [0.1, 0.15) is 12.0 Å². The van der Waals surface area contributed by atoms with E-state index in [9.17, 15) is 18.4 Å². The van der Waals surface area contributed by atoms with Crippen molar-refractivity contribution >= 4 is 17.9 Å². The number of amides is 2. The van der Waals surface area contributed by atoms with E-state index in [2.05, 4.69) is 5.32 Å². The molecule has 0 unspecified atom stereocenters. The number of ether oxygens (including phenoxy) is 1. The number of methoxy groups -OCH3 is 1. The lowest BCUT2D eigenvalue weighted by atomic mass is 10.2. The zero-order chi connectivity index (χ0) is 17.2. The summed E-state index contributed by atoms with van der Waals surface area (Å²) >= 11 is 0. The van der Waals surface area contributed by atoms with Gasteiger partial charge in [-0.25, -0.2) is 8.78 Å². The van der Waals surface area contributed by atoms with Crippen LogP contribution in [0, 0.1) is 11.6 Å². The van der Waals surface area contributed by atoms with Gasteiger partial charge in [0.25, 0.3) is 0 Å². The first-order valence-electron chi connectivity index (χ1n) is 7.08. The number of halogens is 2. The van der Waals surface area contributed by atoms with Crippen molar-refractivity contribution in [2.45, 2.75) is 6.42 Å². The van der Waals surface area contributed by atoms with Crippen molar-refractivity contribution < 1.29 is 23.1 Å². The molecule has 0 saturated heterocycles. The average Bonchev–Trinajstić information content (AvgIpc) is 2.50. The molecule has 0 saturated carbocycles. The lowest BCUT2D eigenvalue weighted by Gasteiger charge is -2.14. The molecule has 5 nitrogen and oxygen atoms in total. The van der Waals surface area contributed by atoms with Crippen LogP contribution in [0.25, 0.3) is 6.08 Å². The highest BCUT2D eigenvalue weighted by atomic mass is 19.1. The van der Waals surface area contributed by atoms with E-state index in [1.54, 1.807) is 7.11 Å². The normalized spacial score (nSPS) is 10.8. The third-order valence-electron chi connectivity index (χ3n) is 3.00. The summed E-state index contributed by atoms with van der Waals surface area (Å²) in [4.78, 5) is 24.6. The van der Waals surface area contributed by atoms with Crippen LogP contribution in [0.2, 0.25) is 0 Å². The molecule has 2 amide bonds. The molecule has 0 heterocycles. The van der Waals surface area contributed by atoms with Crippen molar-refractivity contribution in [3.63, 3.8) is 0 Å². The number of nitrogens with zero attached hydrogens (tertiary/aromatic N) is 1. The molecule has 0 aliphatic rings. The topological polar surface area (TPSA) is 58.6 Å². The van der Waals surface area contributed by atoms with Gasteiger partial charge in [-0.1, -0.05) is 6.07 Å². The van der Waals surface area contributed by atoms with Crippen LogP contribution in [-0.2, 0) is 14.3 Å². The molecule has 1 aromatic carbocycles. The molecular formula is C16H20F2N2O3. The van der Waals surface area contributed by atoms with Gasteiger partial charge in [0.1, 0.15) is 11.6 Å². The molecule has 0 aromatic heterocycles. The second kappa shape index (κ2) is 9.68. The highest BCUT2D eigenvalue weighted by molar-refractivity contribution is 5.94. The van der Waals surface area contributed by atoms with Crippen LogP contribution in [0.3, 0.4) is 0 Å². The predicted octanol–water partition coefficient (Wildman–Crippen LogP) is 1.59. The number of carbonyl (C=O) groups is 2. The SMILES string of the molecule is COCCCNC(=O)CN(C)C(=O)/C=C\c1c(F)cccc1F. The lowest BCUT2D eigenvalue weighted by Crippen LogP contribution is -2.38. The maximum Gasteiger partial charge on any atom is 0.246 e. The molecule has 0 fully saturated rings. The van der Waals surface area contributed by atoms with Crippen LogP contribution >= 0.6 is 0 Å². The maximum absolute atomic E-state index is 13.4. The highest BCUT2D eigenvalue weighted by Gasteiger charge is 2.11. The number of likely N-dealkylation sites (N-methyl/N-ethyl adjacent to an activating group) is 1. The number of rotatable bonds is 8. The summed E-state index contributed by atoms with van der Waals surface area (Å²) in [5.41, 5.74) is -0.293. The molecule has 126 valence electrons. The molecule has 0 atom stereocenters. The number of hydrogen-bond acceptors (Lipinski definition) is 3. The molecule has 0 aliphatic carbocycles. The Morgan fingerprint density at radius 2 is 1.96 bits per heavy atom. The highest BCUT2D eigenvalue weighted by Crippen LogP contribution is 2.13. The summed E-state index contributed by atoms with van der Waals surface area (Å²) in [7, 11) is 3.00. The van der Waals surface area contributed by atoms with Gasteiger partial charge in [0.05, 0.1) is 6.54 Å². The Kier molecular flexibility index (Phi) is 7.90. The minimum Gasteiger partial charge on any atom is -0.385 e. The smallest absolute Gasteiger partial charge is 0.246 e. The van der Waals surface area contributed by atoms with Crippen molar-refractivity contribution in [3.8, 4) is 0 Å². The molecule has 0 radical (unpaired) electrons. The van der Waals surface area contributed by atoms with E-state index in [4.69, 9.17) is 4.74 Å². The van der Waals surface area contributed by atoms with Crippen molar-refractivity contribution in [3.05, 3.63) is 41.5 Å². The second-order valence-corrected chi connectivity index (χ2v) is 4.86. The van der Waals surface area contributed by atoms with Gasteiger partial charge in [-0.15, -0.1) is 0 Å². The Hall–Kier alpha value is -2.28. The summed E-state index contributed by atoms with van der Waals surface area (Å²) in [5.74, 6) is -2.36. The van der Waals surface area contributed by atoms with E-state index in [1.165, 1.54) is 13.1 Å². The number of carbonyl (C=O) groups excluding carboxylic acids is 2. The third-order valence-corrected chi connectivity index (χ3v) is 3.00. The minimum atomic E-state index is -0.757. The van der Waals surface area contributed by atoms with Gasteiger partial charge in [0, 0.05) is 38.9 Å². The summed E-state index contributed by atoms with van der Waals surface area (Å²) in [6, 6.07) is 3.44. The minimum absolute atomic E-state index is 0.143. The molecule has 1 aromatic rings. The van der Waals surface area contributed by atoms with Crippen molar-refractivity contribution in [1.82, 2.24) is 10.2 Å². The van der Waals surface area contributed by atoms with E-state index < -0.39 is 17.5 Å². The monoisotopic (exact) mass is 326 g/mol. The van der Waals surface area contributed by atoms with E-state index in [0.717, 1.165) is 29.2 Å². The Bertz CT molecular complexity index is 556. The van der Waals surface area contributed by atoms with E-state index >= 15 is 0 Å². The molecular weight excluding hydrogens is 306 g/mol. The zero-order valence-corrected chi connectivity index (χ0v) is 13.1. The van der Waals surface area contributed by atoms with Gasteiger partial charge in [0.2, 0.25) is 11.8 Å². The fourth-order valence-corrected chi connectivity index (χ4v) is 1.75. The fourth-order valence-electron chi connectivity index (χ4n) is 1.75. The third kappa shape index (κ3) is 6.56. The van der Waals surface area contributed by atoms with Gasteiger partial charge in [-0.05, 0) is 24.6 Å². The zero-order valence-electron chi connectivity index (χ0n) is 13.1. The van der Waals surface area contributed by atoms with Gasteiger partial charge >= 0.3 is 0 Å². The Labute approximate surface area is 133 Å². The van der Waals surface area contributed by atoms with Crippen LogP contribution in [0.4, 0.5) is 8.78 Å². The van der Waals surface area contributed by atoms with Crippen molar-refractivity contribution in [2.75, 3.05) is 33.9 Å². The molecule has 23 heavy (non-hydrogen) atoms. The number of hydrogen-bond donors (Lipinski definition) is 1. The fraction of sp³-hybridized carbons (Fsp3) is 0.375. The summed E-state index contributed by atoms with van der Waals surface area (Å²) in [6.07, 6.45) is 2.76. The Balaban J connectivity index is 2.50. The molecule has 1 rings (SSSR count). The molecule has 0 bridgehead atoms. The largest absolute Gasteiger partial charge is 0.385 e. The Morgan fingerprint density at radius 3 is 2.57 bits per heavy atom. The number of benzene rings is 1. The second-order valence-electron chi connectivity index (χ2n) is 4.86. The van der Waals surface area contributed by atoms with Crippen molar-refractivity contribution in [1.29, 1.82) is 0 Å². The van der Waals surface area contributed by atoms with E-state index in [0.29, 0.717) is 19.6 Å². The summed E-state index contributed by atoms with van der Waals surface area (Å²) < 4.78 is 31.7. The quantitative estimate of drug-likeness (QED) is 0.583. The number of nitrogens with one attached hydrogen (secondary N) is 1. The molecule has 7 heteroatoms. The standard InChI is InChI=1S/C16H20F2N2O3/c1-20(11-15(21)19-9-4-10-23-2)16(22)8-7-12-13(17)5-3-6-14(12)18/h3,5-8H,4,9-11H2,1-2H3,(H,19,21)/b8-7-. The van der Waals surface area contributed by atoms with Crippen LogP contribution < -0.4 is 5.32 Å². The molecule has 0 spiro atoms. The van der Waals surface area contributed by atoms with Gasteiger partial charge in [-0.2, -0.15) is 0 Å². The molecule has 0 aliphatic heterocycles. The summed E-state index contributed by atoms with van der Waals surface area (Å²) in [6.45, 7) is 0.840. The van der Waals surface area contributed by atoms with Gasteiger partial charge in [-0.3, -0.25) is 9.59 Å². The molecule has 1 N–H and O–H groups in total. The van der Waals surface area contributed by atoms with E-state index in [-0.39, 0.29) is 18.0 Å². The van der Waals surface area contributed by atoms with E-state index in [1.807, 2.05) is 0 Å². The Morgan fingerprint density at radius 1 is 1.30 bits per heavy atom. The van der Waals surface area contributed by atoms with Gasteiger partial charge in [0.15, 0.2) is 0 Å². The van der Waals surface area contributed by atoms with Crippen LogP contribution in [0.5, 0.6) is 0 Å². The predicted molar refractivity (Wildman–Crippen MR) is 82.5 cm³/mol.